The molecule has 0 amide bonds. The Kier molecular flexibility index (Phi) is 5.79. The molecule has 0 aromatic rings. The van der Waals surface area contributed by atoms with Crippen LogP contribution in [0.3, 0.4) is 0 Å². The summed E-state index contributed by atoms with van der Waals surface area (Å²) in [6.45, 7) is 4.98. The van der Waals surface area contributed by atoms with E-state index in [2.05, 4.69) is 4.74 Å². The predicted molar refractivity (Wildman–Crippen MR) is 51.7 cm³/mol. The summed E-state index contributed by atoms with van der Waals surface area (Å²) in [5, 5.41) is 9.41. The Hall–Kier alpha value is -1.16. The van der Waals surface area contributed by atoms with Crippen molar-refractivity contribution in [2.24, 2.45) is 0 Å². The van der Waals surface area contributed by atoms with Gasteiger partial charge in [0.1, 0.15) is 5.78 Å². The number of ketones is 1. The maximum Gasteiger partial charge on any atom is 0.330 e. The smallest absolute Gasteiger partial charge is 0.330 e. The van der Waals surface area contributed by atoms with Gasteiger partial charge in [-0.1, -0.05) is 0 Å². The summed E-state index contributed by atoms with van der Waals surface area (Å²) in [5.41, 5.74) is 0.443. The highest BCUT2D eigenvalue weighted by atomic mass is 16.5. The van der Waals surface area contributed by atoms with Gasteiger partial charge in [-0.05, 0) is 26.3 Å². The number of hydrogen-bond acceptors (Lipinski definition) is 4. The number of hydrogen-bond donors (Lipinski definition) is 1. The number of ether oxygens (including phenoxy) is 1. The highest BCUT2D eigenvalue weighted by molar-refractivity contribution is 5.83. The topological polar surface area (TPSA) is 63.6 Å². The van der Waals surface area contributed by atoms with E-state index in [1.165, 1.54) is 13.0 Å². The first-order chi connectivity index (χ1) is 6.47. The minimum atomic E-state index is -0.892. The van der Waals surface area contributed by atoms with Crippen LogP contribution in [0.2, 0.25) is 0 Å². The lowest BCUT2D eigenvalue weighted by Gasteiger charge is -2.08. The fraction of sp³-hybridized carbons (Fsp3) is 0.600. The number of rotatable bonds is 5. The largest absolute Gasteiger partial charge is 0.463 e. The van der Waals surface area contributed by atoms with Gasteiger partial charge in [0, 0.05) is 12.5 Å². The van der Waals surface area contributed by atoms with Crippen molar-refractivity contribution in [2.75, 3.05) is 6.61 Å². The summed E-state index contributed by atoms with van der Waals surface area (Å²) in [7, 11) is 0. The third kappa shape index (κ3) is 5.48. The van der Waals surface area contributed by atoms with Crippen LogP contribution in [0.4, 0.5) is 0 Å². The lowest BCUT2D eigenvalue weighted by molar-refractivity contribution is -0.137. The van der Waals surface area contributed by atoms with Gasteiger partial charge in [0.25, 0.3) is 0 Å². The Morgan fingerprint density at radius 1 is 1.43 bits per heavy atom. The molecule has 0 aromatic heterocycles. The van der Waals surface area contributed by atoms with Crippen molar-refractivity contribution in [3.63, 3.8) is 0 Å². The van der Waals surface area contributed by atoms with Crippen LogP contribution in [0.15, 0.2) is 11.6 Å². The van der Waals surface area contributed by atoms with Crippen LogP contribution >= 0.6 is 0 Å². The van der Waals surface area contributed by atoms with Crippen molar-refractivity contribution in [3.05, 3.63) is 11.6 Å². The Balaban J connectivity index is 4.21. The van der Waals surface area contributed by atoms with Gasteiger partial charge in [-0.25, -0.2) is 4.79 Å². The SMILES string of the molecule is CCOC(=O)/C=C(\C)[C@@H](O)CC(C)=O. The second-order valence-corrected chi connectivity index (χ2v) is 3.06. The first-order valence-electron chi connectivity index (χ1n) is 4.49. The van der Waals surface area contributed by atoms with Crippen molar-refractivity contribution in [3.8, 4) is 0 Å². The highest BCUT2D eigenvalue weighted by Crippen LogP contribution is 2.06. The summed E-state index contributed by atoms with van der Waals surface area (Å²) in [4.78, 5) is 21.6. The Labute approximate surface area is 83.6 Å². The maximum atomic E-state index is 10.9. The molecule has 4 nitrogen and oxygen atoms in total. The van der Waals surface area contributed by atoms with Gasteiger partial charge in [0.05, 0.1) is 12.7 Å². The maximum absolute atomic E-state index is 10.9. The fourth-order valence-electron chi connectivity index (χ4n) is 0.899. The molecule has 0 heterocycles. The molecule has 0 aliphatic carbocycles. The molecule has 14 heavy (non-hydrogen) atoms. The molecule has 0 aromatic carbocycles. The molecular weight excluding hydrogens is 184 g/mol. The van der Waals surface area contributed by atoms with Crippen LogP contribution < -0.4 is 0 Å². The van der Waals surface area contributed by atoms with Crippen LogP contribution in [-0.4, -0.2) is 29.6 Å². The van der Waals surface area contributed by atoms with E-state index in [0.717, 1.165) is 0 Å². The number of esters is 1. The quantitative estimate of drug-likeness (QED) is 0.527. The third-order valence-electron chi connectivity index (χ3n) is 1.64. The number of Topliss-reactive ketones (excluding diaryl/α,β-unsaturated/α-hetero) is 1. The van der Waals surface area contributed by atoms with Crippen LogP contribution in [0.5, 0.6) is 0 Å². The molecule has 0 unspecified atom stereocenters. The van der Waals surface area contributed by atoms with Crippen molar-refractivity contribution >= 4 is 11.8 Å². The molecule has 0 radical (unpaired) electrons. The molecule has 0 spiro atoms. The van der Waals surface area contributed by atoms with Crippen molar-refractivity contribution in [1.29, 1.82) is 0 Å². The zero-order valence-corrected chi connectivity index (χ0v) is 8.74. The molecule has 0 rings (SSSR count). The number of aliphatic hydroxyl groups excluding tert-OH is 1. The Bertz CT molecular complexity index is 243. The van der Waals surface area contributed by atoms with Crippen molar-refractivity contribution < 1.29 is 19.4 Å². The second kappa shape index (κ2) is 6.32. The Morgan fingerprint density at radius 2 is 2.00 bits per heavy atom. The highest BCUT2D eigenvalue weighted by Gasteiger charge is 2.10. The third-order valence-corrected chi connectivity index (χ3v) is 1.64. The average molecular weight is 200 g/mol. The molecule has 0 bridgehead atoms. The lowest BCUT2D eigenvalue weighted by atomic mass is 10.1. The normalized spacial score (nSPS) is 13.6. The molecular formula is C10H16O4. The monoisotopic (exact) mass is 200 g/mol. The van der Waals surface area contributed by atoms with Crippen molar-refractivity contribution in [2.45, 2.75) is 33.3 Å². The first-order valence-corrected chi connectivity index (χ1v) is 4.49. The molecule has 0 saturated heterocycles. The number of carbonyl (C=O) groups is 2. The molecule has 1 atom stereocenters. The van der Waals surface area contributed by atoms with E-state index in [4.69, 9.17) is 0 Å². The molecule has 4 heteroatoms. The van der Waals surface area contributed by atoms with Crippen LogP contribution in [0.1, 0.15) is 27.2 Å². The van der Waals surface area contributed by atoms with Crippen molar-refractivity contribution in [1.82, 2.24) is 0 Å². The van der Waals surface area contributed by atoms with Gasteiger partial charge < -0.3 is 9.84 Å². The van der Waals surface area contributed by atoms with E-state index in [0.29, 0.717) is 12.2 Å². The molecule has 0 saturated carbocycles. The van der Waals surface area contributed by atoms with E-state index in [1.54, 1.807) is 13.8 Å². The van der Waals surface area contributed by atoms with Gasteiger partial charge in [0.2, 0.25) is 0 Å². The van der Waals surface area contributed by atoms with E-state index >= 15 is 0 Å². The van der Waals surface area contributed by atoms with E-state index in [1.807, 2.05) is 0 Å². The summed E-state index contributed by atoms with van der Waals surface area (Å²) in [5.74, 6) is -0.610. The fourth-order valence-corrected chi connectivity index (χ4v) is 0.899. The first kappa shape index (κ1) is 12.8. The van der Waals surface area contributed by atoms with Crippen LogP contribution in [-0.2, 0) is 14.3 Å². The zero-order valence-electron chi connectivity index (χ0n) is 8.74. The summed E-state index contributed by atoms with van der Waals surface area (Å²) in [6.07, 6.45) is 0.343. The molecule has 0 aliphatic rings. The second-order valence-electron chi connectivity index (χ2n) is 3.06. The van der Waals surface area contributed by atoms with E-state index in [9.17, 15) is 14.7 Å². The molecule has 1 N–H and O–H groups in total. The molecule has 0 fully saturated rings. The minimum absolute atomic E-state index is 0.0295. The lowest BCUT2D eigenvalue weighted by Crippen LogP contribution is -2.14. The zero-order chi connectivity index (χ0) is 11.1. The van der Waals surface area contributed by atoms with Gasteiger partial charge in [-0.15, -0.1) is 0 Å². The van der Waals surface area contributed by atoms with Crippen LogP contribution in [0, 0.1) is 0 Å². The summed E-state index contributed by atoms with van der Waals surface area (Å²) in [6, 6.07) is 0. The van der Waals surface area contributed by atoms with Gasteiger partial charge in [0.15, 0.2) is 0 Å². The van der Waals surface area contributed by atoms with Gasteiger partial charge in [-0.2, -0.15) is 0 Å². The number of carbonyl (C=O) groups excluding carboxylic acids is 2. The van der Waals surface area contributed by atoms with E-state index in [-0.39, 0.29) is 12.2 Å². The number of aliphatic hydroxyl groups is 1. The summed E-state index contributed by atoms with van der Waals surface area (Å²) < 4.78 is 4.66. The van der Waals surface area contributed by atoms with Crippen LogP contribution in [0.25, 0.3) is 0 Å². The molecule has 0 aliphatic heterocycles. The summed E-state index contributed by atoms with van der Waals surface area (Å²) >= 11 is 0. The average Bonchev–Trinajstić information content (AvgIpc) is 2.02. The minimum Gasteiger partial charge on any atom is -0.463 e. The molecule has 80 valence electrons. The Morgan fingerprint density at radius 3 is 2.43 bits per heavy atom. The van der Waals surface area contributed by atoms with Gasteiger partial charge >= 0.3 is 5.97 Å². The predicted octanol–water partition coefficient (Wildman–Crippen LogP) is 0.836. The van der Waals surface area contributed by atoms with E-state index < -0.39 is 12.1 Å². The van der Waals surface area contributed by atoms with Gasteiger partial charge in [-0.3, -0.25) is 4.79 Å². The standard InChI is InChI=1S/C10H16O4/c1-4-14-10(13)5-7(2)9(12)6-8(3)11/h5,9,12H,4,6H2,1-3H3/b7-5+/t9-/m0/s1.